The van der Waals surface area contributed by atoms with Crippen LogP contribution in [0.25, 0.3) is 0 Å². The van der Waals surface area contributed by atoms with E-state index in [-0.39, 0.29) is 17.4 Å². The molecule has 0 radical (unpaired) electrons. The molecule has 3 aliphatic rings. The number of piperidine rings is 1. The lowest BCUT2D eigenvalue weighted by Gasteiger charge is -2.53. The Morgan fingerprint density at radius 1 is 1.05 bits per heavy atom. The quantitative estimate of drug-likeness (QED) is 0.796. The standard InChI is InChI=1S/C17H29N3O2/c1-14(21)20-12-11-19(13-17(20)7-3-2-4-8-17)16(22)15-5-9-18-10-6-15/h15,18H,2-13H2,1H3. The third-order valence-electron chi connectivity index (χ3n) is 5.82. The number of nitrogens with zero attached hydrogens (tertiary/aromatic N) is 2. The molecule has 22 heavy (non-hydrogen) atoms. The second kappa shape index (κ2) is 6.57. The Morgan fingerprint density at radius 3 is 2.36 bits per heavy atom. The third-order valence-corrected chi connectivity index (χ3v) is 5.82. The van der Waals surface area contributed by atoms with Gasteiger partial charge in [0, 0.05) is 32.5 Å². The highest BCUT2D eigenvalue weighted by atomic mass is 16.2. The molecule has 0 unspecified atom stereocenters. The van der Waals surface area contributed by atoms with Crippen molar-refractivity contribution in [2.45, 2.75) is 57.4 Å². The molecule has 1 N–H and O–H groups in total. The van der Waals surface area contributed by atoms with Crippen LogP contribution >= 0.6 is 0 Å². The van der Waals surface area contributed by atoms with E-state index in [1.165, 1.54) is 19.3 Å². The molecule has 0 aromatic rings. The van der Waals surface area contributed by atoms with Crippen LogP contribution in [0.5, 0.6) is 0 Å². The highest BCUT2D eigenvalue weighted by molar-refractivity contribution is 5.80. The van der Waals surface area contributed by atoms with Gasteiger partial charge in [0.2, 0.25) is 11.8 Å². The fourth-order valence-corrected chi connectivity index (χ4v) is 4.62. The first-order valence-corrected chi connectivity index (χ1v) is 8.90. The summed E-state index contributed by atoms with van der Waals surface area (Å²) in [5.41, 5.74) is -0.0785. The van der Waals surface area contributed by atoms with E-state index in [2.05, 4.69) is 15.1 Å². The Labute approximate surface area is 133 Å². The molecule has 3 fully saturated rings. The fraction of sp³-hybridized carbons (Fsp3) is 0.882. The molecule has 1 spiro atoms. The summed E-state index contributed by atoms with van der Waals surface area (Å²) in [5.74, 6) is 0.691. The van der Waals surface area contributed by atoms with Gasteiger partial charge in [-0.3, -0.25) is 9.59 Å². The van der Waals surface area contributed by atoms with Crippen LogP contribution in [0.2, 0.25) is 0 Å². The molecule has 2 amide bonds. The van der Waals surface area contributed by atoms with Crippen molar-refractivity contribution in [3.63, 3.8) is 0 Å². The zero-order valence-electron chi connectivity index (χ0n) is 13.8. The Balaban J connectivity index is 1.72. The first-order chi connectivity index (χ1) is 10.6. The van der Waals surface area contributed by atoms with Crippen LogP contribution in [0.15, 0.2) is 0 Å². The predicted molar refractivity (Wildman–Crippen MR) is 85.4 cm³/mol. The molecule has 0 aromatic heterocycles. The van der Waals surface area contributed by atoms with Crippen LogP contribution in [0.3, 0.4) is 0 Å². The molecule has 2 saturated heterocycles. The SMILES string of the molecule is CC(=O)N1CCN(C(=O)C2CCNCC2)CC12CCCCC2. The fourth-order valence-electron chi connectivity index (χ4n) is 4.62. The molecule has 1 aliphatic carbocycles. The lowest BCUT2D eigenvalue weighted by atomic mass is 9.78. The molecular formula is C17H29N3O2. The van der Waals surface area contributed by atoms with E-state index in [0.29, 0.717) is 19.0 Å². The Kier molecular flexibility index (Phi) is 4.71. The maximum Gasteiger partial charge on any atom is 0.225 e. The van der Waals surface area contributed by atoms with Crippen molar-refractivity contribution in [2.75, 3.05) is 32.7 Å². The van der Waals surface area contributed by atoms with E-state index in [1.54, 1.807) is 6.92 Å². The highest BCUT2D eigenvalue weighted by Gasteiger charge is 2.45. The third kappa shape index (κ3) is 3.00. The number of amides is 2. The van der Waals surface area contributed by atoms with Crippen molar-refractivity contribution in [3.8, 4) is 0 Å². The van der Waals surface area contributed by atoms with Crippen LogP contribution in [0.1, 0.15) is 51.9 Å². The van der Waals surface area contributed by atoms with Gasteiger partial charge in [-0.1, -0.05) is 19.3 Å². The second-order valence-electron chi connectivity index (χ2n) is 7.24. The molecule has 0 atom stereocenters. The van der Waals surface area contributed by atoms with E-state index < -0.39 is 0 Å². The lowest BCUT2D eigenvalue weighted by molar-refractivity contribution is -0.152. The van der Waals surface area contributed by atoms with Crippen LogP contribution in [-0.2, 0) is 9.59 Å². The first kappa shape index (κ1) is 15.8. The van der Waals surface area contributed by atoms with Gasteiger partial charge in [0.1, 0.15) is 0 Å². The molecule has 0 aromatic carbocycles. The summed E-state index contributed by atoms with van der Waals surface area (Å²) in [4.78, 5) is 29.1. The van der Waals surface area contributed by atoms with Gasteiger partial charge >= 0.3 is 0 Å². The number of carbonyl (C=O) groups is 2. The van der Waals surface area contributed by atoms with Gasteiger partial charge in [-0.05, 0) is 38.8 Å². The van der Waals surface area contributed by atoms with Gasteiger partial charge in [0.05, 0.1) is 5.54 Å². The molecule has 5 nitrogen and oxygen atoms in total. The van der Waals surface area contributed by atoms with Gasteiger partial charge in [-0.2, -0.15) is 0 Å². The Morgan fingerprint density at radius 2 is 1.73 bits per heavy atom. The summed E-state index contributed by atoms with van der Waals surface area (Å²) >= 11 is 0. The number of carbonyl (C=O) groups excluding carboxylic acids is 2. The van der Waals surface area contributed by atoms with Crippen molar-refractivity contribution in [2.24, 2.45) is 5.92 Å². The molecule has 124 valence electrons. The number of hydrogen-bond acceptors (Lipinski definition) is 3. The number of nitrogens with one attached hydrogen (secondary N) is 1. The normalized spacial score (nSPS) is 26.2. The molecular weight excluding hydrogens is 278 g/mol. The van der Waals surface area contributed by atoms with Crippen molar-refractivity contribution < 1.29 is 9.59 Å². The van der Waals surface area contributed by atoms with Gasteiger partial charge in [-0.15, -0.1) is 0 Å². The number of piperazine rings is 1. The Hall–Kier alpha value is -1.10. The lowest BCUT2D eigenvalue weighted by Crippen LogP contribution is -2.65. The average Bonchev–Trinajstić information content (AvgIpc) is 2.55. The second-order valence-corrected chi connectivity index (χ2v) is 7.24. The summed E-state index contributed by atoms with van der Waals surface area (Å²) in [6, 6.07) is 0. The van der Waals surface area contributed by atoms with E-state index in [9.17, 15) is 9.59 Å². The van der Waals surface area contributed by atoms with Crippen molar-refractivity contribution in [3.05, 3.63) is 0 Å². The van der Waals surface area contributed by atoms with E-state index >= 15 is 0 Å². The first-order valence-electron chi connectivity index (χ1n) is 8.90. The van der Waals surface area contributed by atoms with Crippen molar-refractivity contribution in [1.29, 1.82) is 0 Å². The van der Waals surface area contributed by atoms with Crippen LogP contribution in [0.4, 0.5) is 0 Å². The van der Waals surface area contributed by atoms with Gasteiger partial charge < -0.3 is 15.1 Å². The largest absolute Gasteiger partial charge is 0.338 e. The highest BCUT2D eigenvalue weighted by Crippen LogP contribution is 2.37. The van der Waals surface area contributed by atoms with Gasteiger partial charge in [0.15, 0.2) is 0 Å². The number of rotatable bonds is 1. The minimum absolute atomic E-state index is 0.0785. The smallest absolute Gasteiger partial charge is 0.225 e. The zero-order valence-corrected chi connectivity index (χ0v) is 13.8. The van der Waals surface area contributed by atoms with Crippen LogP contribution in [0, 0.1) is 5.92 Å². The van der Waals surface area contributed by atoms with Crippen LogP contribution in [-0.4, -0.2) is 59.9 Å². The molecule has 0 bridgehead atoms. The van der Waals surface area contributed by atoms with E-state index in [0.717, 1.165) is 45.3 Å². The van der Waals surface area contributed by atoms with E-state index in [4.69, 9.17) is 0 Å². The average molecular weight is 307 g/mol. The topological polar surface area (TPSA) is 52.7 Å². The summed E-state index contributed by atoms with van der Waals surface area (Å²) < 4.78 is 0. The summed E-state index contributed by atoms with van der Waals surface area (Å²) in [5, 5.41) is 3.33. The maximum absolute atomic E-state index is 12.9. The van der Waals surface area contributed by atoms with Crippen LogP contribution < -0.4 is 5.32 Å². The molecule has 3 rings (SSSR count). The predicted octanol–water partition coefficient (Wildman–Crippen LogP) is 1.38. The minimum Gasteiger partial charge on any atom is -0.338 e. The molecule has 1 saturated carbocycles. The summed E-state index contributed by atoms with van der Waals surface area (Å²) in [6.45, 7) is 5.77. The maximum atomic E-state index is 12.9. The van der Waals surface area contributed by atoms with Crippen molar-refractivity contribution in [1.82, 2.24) is 15.1 Å². The molecule has 2 heterocycles. The number of hydrogen-bond donors (Lipinski definition) is 1. The van der Waals surface area contributed by atoms with Crippen molar-refractivity contribution >= 4 is 11.8 Å². The van der Waals surface area contributed by atoms with E-state index in [1.807, 2.05) is 0 Å². The summed E-state index contributed by atoms with van der Waals surface area (Å²) in [6.07, 6.45) is 7.65. The van der Waals surface area contributed by atoms with Gasteiger partial charge in [-0.25, -0.2) is 0 Å². The monoisotopic (exact) mass is 307 g/mol. The molecule has 5 heteroatoms. The van der Waals surface area contributed by atoms with Gasteiger partial charge in [0.25, 0.3) is 0 Å². The minimum atomic E-state index is -0.0785. The Bertz CT molecular complexity index is 426. The summed E-state index contributed by atoms with van der Waals surface area (Å²) in [7, 11) is 0. The molecule has 2 aliphatic heterocycles. The zero-order chi connectivity index (χ0) is 15.6.